The number of aromatic nitrogens is 2. The van der Waals surface area contributed by atoms with Crippen LogP contribution >= 0.6 is 0 Å². The van der Waals surface area contributed by atoms with Crippen molar-refractivity contribution in [1.82, 2.24) is 10.2 Å². The van der Waals surface area contributed by atoms with E-state index in [1.807, 2.05) is 25.1 Å². The SMILES string of the molecule is CCOc1cccc2[nH]ncc12. The summed E-state index contributed by atoms with van der Waals surface area (Å²) in [5, 5.41) is 7.87. The quantitative estimate of drug-likeness (QED) is 0.733. The van der Waals surface area contributed by atoms with Gasteiger partial charge in [0.05, 0.1) is 23.7 Å². The first-order valence-electron chi connectivity index (χ1n) is 3.96. The maximum Gasteiger partial charge on any atom is 0.130 e. The van der Waals surface area contributed by atoms with Gasteiger partial charge in [-0.25, -0.2) is 0 Å². The second-order valence-corrected chi connectivity index (χ2v) is 2.52. The first-order valence-corrected chi connectivity index (χ1v) is 3.96. The highest BCUT2D eigenvalue weighted by atomic mass is 16.5. The molecule has 0 atom stereocenters. The van der Waals surface area contributed by atoms with Gasteiger partial charge in [0.15, 0.2) is 0 Å². The fourth-order valence-corrected chi connectivity index (χ4v) is 1.22. The van der Waals surface area contributed by atoms with Crippen LogP contribution in [0.4, 0.5) is 0 Å². The van der Waals surface area contributed by atoms with Gasteiger partial charge in [0.25, 0.3) is 0 Å². The van der Waals surface area contributed by atoms with Crippen molar-refractivity contribution in [3.63, 3.8) is 0 Å². The van der Waals surface area contributed by atoms with E-state index in [1.54, 1.807) is 6.20 Å². The number of rotatable bonds is 2. The van der Waals surface area contributed by atoms with Crippen molar-refractivity contribution in [2.45, 2.75) is 6.92 Å². The number of nitrogens with zero attached hydrogens (tertiary/aromatic N) is 1. The minimum absolute atomic E-state index is 0.685. The highest BCUT2D eigenvalue weighted by Gasteiger charge is 2.00. The van der Waals surface area contributed by atoms with Gasteiger partial charge in [0.2, 0.25) is 0 Å². The molecule has 1 heterocycles. The molecule has 0 unspecified atom stereocenters. The van der Waals surface area contributed by atoms with Gasteiger partial charge in [-0.3, -0.25) is 5.10 Å². The highest BCUT2D eigenvalue weighted by molar-refractivity contribution is 5.84. The number of nitrogens with one attached hydrogen (secondary N) is 1. The van der Waals surface area contributed by atoms with Crippen LogP contribution in [0.1, 0.15) is 6.92 Å². The van der Waals surface area contributed by atoms with Gasteiger partial charge in [-0.1, -0.05) is 6.07 Å². The third-order valence-corrected chi connectivity index (χ3v) is 1.74. The van der Waals surface area contributed by atoms with Crippen LogP contribution < -0.4 is 4.74 Å². The van der Waals surface area contributed by atoms with E-state index >= 15 is 0 Å². The van der Waals surface area contributed by atoms with Crippen molar-refractivity contribution < 1.29 is 4.74 Å². The molecule has 1 aromatic heterocycles. The standard InChI is InChI=1S/C9H10N2O/c1-2-12-9-5-3-4-8-7(9)6-10-11-8/h3-6H,2H2,1H3,(H,10,11). The van der Waals surface area contributed by atoms with Crippen LogP contribution in [0, 0.1) is 0 Å². The molecule has 2 aromatic rings. The number of hydrogen-bond acceptors (Lipinski definition) is 2. The van der Waals surface area contributed by atoms with Crippen molar-refractivity contribution in [3.05, 3.63) is 24.4 Å². The Balaban J connectivity index is 2.57. The van der Waals surface area contributed by atoms with Gasteiger partial charge in [-0.2, -0.15) is 5.10 Å². The minimum atomic E-state index is 0.685. The number of H-pyrrole nitrogens is 1. The monoisotopic (exact) mass is 162 g/mol. The van der Waals surface area contributed by atoms with E-state index in [4.69, 9.17) is 4.74 Å². The van der Waals surface area contributed by atoms with Gasteiger partial charge in [-0.15, -0.1) is 0 Å². The Morgan fingerprint density at radius 2 is 2.42 bits per heavy atom. The third kappa shape index (κ3) is 1.03. The first-order chi connectivity index (χ1) is 5.92. The summed E-state index contributed by atoms with van der Waals surface area (Å²) < 4.78 is 5.42. The zero-order chi connectivity index (χ0) is 8.39. The molecule has 0 fully saturated rings. The van der Waals surface area contributed by atoms with E-state index < -0.39 is 0 Å². The lowest BCUT2D eigenvalue weighted by Crippen LogP contribution is -1.90. The predicted octanol–water partition coefficient (Wildman–Crippen LogP) is 1.96. The van der Waals surface area contributed by atoms with Crippen LogP contribution in [0.5, 0.6) is 5.75 Å². The number of ether oxygens (including phenoxy) is 1. The zero-order valence-corrected chi connectivity index (χ0v) is 6.87. The van der Waals surface area contributed by atoms with Crippen molar-refractivity contribution in [1.29, 1.82) is 0 Å². The van der Waals surface area contributed by atoms with E-state index in [-0.39, 0.29) is 0 Å². The van der Waals surface area contributed by atoms with Crippen LogP contribution in [0.3, 0.4) is 0 Å². The molecule has 0 aliphatic rings. The van der Waals surface area contributed by atoms with Crippen LogP contribution in [-0.2, 0) is 0 Å². The Morgan fingerprint density at radius 3 is 3.25 bits per heavy atom. The molecule has 1 aromatic carbocycles. The van der Waals surface area contributed by atoms with Crippen LogP contribution in [0.2, 0.25) is 0 Å². The lowest BCUT2D eigenvalue weighted by Gasteiger charge is -2.02. The molecular weight excluding hydrogens is 152 g/mol. The Labute approximate surface area is 70.4 Å². The number of benzene rings is 1. The topological polar surface area (TPSA) is 37.9 Å². The van der Waals surface area contributed by atoms with E-state index in [9.17, 15) is 0 Å². The summed E-state index contributed by atoms with van der Waals surface area (Å²) in [6, 6.07) is 5.87. The van der Waals surface area contributed by atoms with Crippen molar-refractivity contribution in [2.75, 3.05) is 6.61 Å². The summed E-state index contributed by atoms with van der Waals surface area (Å²) in [6.07, 6.45) is 1.78. The molecular formula is C9H10N2O. The van der Waals surface area contributed by atoms with Gasteiger partial charge in [0.1, 0.15) is 5.75 Å². The fourth-order valence-electron chi connectivity index (χ4n) is 1.22. The van der Waals surface area contributed by atoms with Crippen molar-refractivity contribution >= 4 is 10.9 Å². The van der Waals surface area contributed by atoms with Gasteiger partial charge in [-0.05, 0) is 19.1 Å². The molecule has 0 bridgehead atoms. The molecule has 3 heteroatoms. The van der Waals surface area contributed by atoms with Crippen LogP contribution in [-0.4, -0.2) is 16.8 Å². The molecule has 12 heavy (non-hydrogen) atoms. The summed E-state index contributed by atoms with van der Waals surface area (Å²) in [4.78, 5) is 0. The summed E-state index contributed by atoms with van der Waals surface area (Å²) in [5.74, 6) is 0.892. The Kier molecular flexibility index (Phi) is 1.70. The normalized spacial score (nSPS) is 10.4. The van der Waals surface area contributed by atoms with E-state index in [0.717, 1.165) is 16.7 Å². The van der Waals surface area contributed by atoms with E-state index in [0.29, 0.717) is 6.61 Å². The molecule has 0 aliphatic heterocycles. The molecule has 3 nitrogen and oxygen atoms in total. The average Bonchev–Trinajstić information content (AvgIpc) is 2.53. The number of hydrogen-bond donors (Lipinski definition) is 1. The maximum atomic E-state index is 5.42. The molecule has 0 saturated heterocycles. The third-order valence-electron chi connectivity index (χ3n) is 1.74. The number of aromatic amines is 1. The zero-order valence-electron chi connectivity index (χ0n) is 6.87. The summed E-state index contributed by atoms with van der Waals surface area (Å²) in [7, 11) is 0. The highest BCUT2D eigenvalue weighted by Crippen LogP contribution is 2.22. The smallest absolute Gasteiger partial charge is 0.130 e. The van der Waals surface area contributed by atoms with E-state index in [1.165, 1.54) is 0 Å². The van der Waals surface area contributed by atoms with Crippen molar-refractivity contribution in [3.8, 4) is 5.75 Å². The Hall–Kier alpha value is -1.51. The minimum Gasteiger partial charge on any atom is -0.493 e. The van der Waals surface area contributed by atoms with Gasteiger partial charge >= 0.3 is 0 Å². The average molecular weight is 162 g/mol. The summed E-state index contributed by atoms with van der Waals surface area (Å²) in [5.41, 5.74) is 1.01. The molecule has 0 amide bonds. The second kappa shape index (κ2) is 2.85. The fraction of sp³-hybridized carbons (Fsp3) is 0.222. The molecule has 0 spiro atoms. The summed E-state index contributed by atoms with van der Waals surface area (Å²) in [6.45, 7) is 2.66. The molecule has 0 saturated carbocycles. The van der Waals surface area contributed by atoms with Crippen LogP contribution in [0.15, 0.2) is 24.4 Å². The molecule has 1 N–H and O–H groups in total. The largest absolute Gasteiger partial charge is 0.493 e. The molecule has 2 rings (SSSR count). The molecule has 0 radical (unpaired) electrons. The van der Waals surface area contributed by atoms with Crippen molar-refractivity contribution in [2.24, 2.45) is 0 Å². The Bertz CT molecular complexity index is 381. The maximum absolute atomic E-state index is 5.42. The lowest BCUT2D eigenvalue weighted by molar-refractivity contribution is 0.344. The lowest BCUT2D eigenvalue weighted by atomic mass is 10.2. The Morgan fingerprint density at radius 1 is 1.50 bits per heavy atom. The van der Waals surface area contributed by atoms with E-state index in [2.05, 4.69) is 10.2 Å². The number of fused-ring (bicyclic) bond motifs is 1. The molecule has 0 aliphatic carbocycles. The van der Waals surface area contributed by atoms with Gasteiger partial charge < -0.3 is 4.74 Å². The predicted molar refractivity (Wildman–Crippen MR) is 47.3 cm³/mol. The first kappa shape index (κ1) is 7.16. The van der Waals surface area contributed by atoms with Gasteiger partial charge in [0, 0.05) is 0 Å². The molecule has 62 valence electrons. The van der Waals surface area contributed by atoms with Crippen LogP contribution in [0.25, 0.3) is 10.9 Å². The second-order valence-electron chi connectivity index (χ2n) is 2.52. The summed E-state index contributed by atoms with van der Waals surface area (Å²) >= 11 is 0.